The summed E-state index contributed by atoms with van der Waals surface area (Å²) in [6.07, 6.45) is 0.615. The Balaban J connectivity index is 1.56. The maximum Gasteiger partial charge on any atom is 0.213 e. The molecule has 2 aliphatic rings. The van der Waals surface area contributed by atoms with Crippen LogP contribution < -0.4 is 9.47 Å². The number of ether oxygens (including phenoxy) is 2. The second kappa shape index (κ2) is 6.71. The molecule has 2 aliphatic heterocycles. The Morgan fingerprint density at radius 2 is 1.71 bits per heavy atom. The largest absolute Gasteiger partial charge is 0.497 e. The molecule has 0 spiro atoms. The van der Waals surface area contributed by atoms with Crippen LogP contribution in [-0.2, 0) is 0 Å². The van der Waals surface area contributed by atoms with Gasteiger partial charge in [0, 0.05) is 17.5 Å². The van der Waals surface area contributed by atoms with Gasteiger partial charge in [0.05, 0.1) is 18.9 Å². The number of benzene rings is 3. The Morgan fingerprint density at radius 1 is 0.964 bits per heavy atom. The van der Waals surface area contributed by atoms with Crippen LogP contribution in [0.3, 0.4) is 0 Å². The van der Waals surface area contributed by atoms with Crippen LogP contribution in [0, 0.1) is 6.92 Å². The van der Waals surface area contributed by atoms with Crippen molar-refractivity contribution in [2.45, 2.75) is 25.6 Å². The minimum Gasteiger partial charge on any atom is -0.497 e. The van der Waals surface area contributed by atoms with E-state index in [-0.39, 0.29) is 12.3 Å². The van der Waals surface area contributed by atoms with E-state index in [4.69, 9.17) is 14.6 Å². The van der Waals surface area contributed by atoms with Crippen LogP contribution in [0.4, 0.5) is 0 Å². The SMILES string of the molecule is COc1ccc([C@@H]2Oc3ccccc3[C@@H]3CC(c4ccc(C)cc4)=NN32)cc1. The lowest BCUT2D eigenvalue weighted by atomic mass is 9.95. The topological polar surface area (TPSA) is 34.1 Å². The number of aryl methyl sites for hydroxylation is 1. The molecule has 0 fully saturated rings. The molecule has 2 atom stereocenters. The summed E-state index contributed by atoms with van der Waals surface area (Å²) in [6.45, 7) is 2.10. The average molecular weight is 370 g/mol. The molecule has 0 saturated heterocycles. The molecular weight excluding hydrogens is 348 g/mol. The molecule has 3 aromatic rings. The van der Waals surface area contributed by atoms with E-state index < -0.39 is 0 Å². The lowest BCUT2D eigenvalue weighted by molar-refractivity contribution is -0.0190. The fraction of sp³-hybridized carbons (Fsp3) is 0.208. The molecule has 0 N–H and O–H groups in total. The quantitative estimate of drug-likeness (QED) is 0.632. The van der Waals surface area contributed by atoms with Crippen molar-refractivity contribution < 1.29 is 9.47 Å². The van der Waals surface area contributed by atoms with Gasteiger partial charge in [-0.05, 0) is 42.8 Å². The Bertz CT molecular complexity index is 1030. The van der Waals surface area contributed by atoms with Gasteiger partial charge in [0.25, 0.3) is 0 Å². The van der Waals surface area contributed by atoms with Gasteiger partial charge in [0.15, 0.2) is 0 Å². The third kappa shape index (κ3) is 2.82. The van der Waals surface area contributed by atoms with Crippen molar-refractivity contribution in [1.29, 1.82) is 0 Å². The number of hydrogen-bond donors (Lipinski definition) is 0. The van der Waals surface area contributed by atoms with E-state index >= 15 is 0 Å². The minimum absolute atomic E-state index is 0.174. The van der Waals surface area contributed by atoms with Crippen LogP contribution in [0.5, 0.6) is 11.5 Å². The van der Waals surface area contributed by atoms with E-state index in [1.165, 1.54) is 16.7 Å². The van der Waals surface area contributed by atoms with Gasteiger partial charge in [-0.25, -0.2) is 5.01 Å². The summed E-state index contributed by atoms with van der Waals surface area (Å²) in [4.78, 5) is 0. The number of fused-ring (bicyclic) bond motifs is 3. The number of para-hydroxylation sites is 1. The van der Waals surface area contributed by atoms with Crippen LogP contribution in [0.1, 0.15) is 40.9 Å². The first-order valence-electron chi connectivity index (χ1n) is 9.55. The summed E-state index contributed by atoms with van der Waals surface area (Å²) in [5.74, 6) is 1.77. The molecule has 0 amide bonds. The van der Waals surface area contributed by atoms with E-state index in [0.29, 0.717) is 0 Å². The van der Waals surface area contributed by atoms with Crippen LogP contribution in [0.2, 0.25) is 0 Å². The van der Waals surface area contributed by atoms with Crippen LogP contribution in [0.15, 0.2) is 77.9 Å². The van der Waals surface area contributed by atoms with E-state index in [0.717, 1.165) is 29.2 Å². The Morgan fingerprint density at radius 3 is 2.46 bits per heavy atom. The molecule has 4 nitrogen and oxygen atoms in total. The van der Waals surface area contributed by atoms with Gasteiger partial charge in [0.1, 0.15) is 11.5 Å². The first-order chi connectivity index (χ1) is 13.7. The third-order valence-corrected chi connectivity index (χ3v) is 5.48. The molecule has 3 aromatic carbocycles. The van der Waals surface area contributed by atoms with Gasteiger partial charge in [-0.3, -0.25) is 0 Å². The van der Waals surface area contributed by atoms with Crippen molar-refractivity contribution in [2.75, 3.05) is 7.11 Å². The molecule has 0 radical (unpaired) electrons. The fourth-order valence-electron chi connectivity index (χ4n) is 3.94. The predicted octanol–water partition coefficient (Wildman–Crippen LogP) is 5.25. The summed E-state index contributed by atoms with van der Waals surface area (Å²) >= 11 is 0. The molecule has 0 unspecified atom stereocenters. The Labute approximate surface area is 165 Å². The smallest absolute Gasteiger partial charge is 0.213 e. The lowest BCUT2D eigenvalue weighted by Gasteiger charge is -2.38. The summed E-state index contributed by atoms with van der Waals surface area (Å²) in [6, 6.07) is 25.1. The maximum atomic E-state index is 6.39. The van der Waals surface area contributed by atoms with Crippen molar-refractivity contribution in [3.63, 3.8) is 0 Å². The van der Waals surface area contributed by atoms with E-state index in [9.17, 15) is 0 Å². The van der Waals surface area contributed by atoms with Gasteiger partial charge in [-0.1, -0.05) is 48.0 Å². The highest BCUT2D eigenvalue weighted by atomic mass is 16.5. The molecule has 140 valence electrons. The molecule has 5 rings (SSSR count). The average Bonchev–Trinajstić information content (AvgIpc) is 3.19. The van der Waals surface area contributed by atoms with Crippen LogP contribution >= 0.6 is 0 Å². The maximum absolute atomic E-state index is 6.39. The monoisotopic (exact) mass is 370 g/mol. The van der Waals surface area contributed by atoms with Crippen molar-refractivity contribution in [3.05, 3.63) is 95.1 Å². The predicted molar refractivity (Wildman–Crippen MR) is 110 cm³/mol. The molecule has 0 saturated carbocycles. The lowest BCUT2D eigenvalue weighted by Crippen LogP contribution is -2.33. The Kier molecular flexibility index (Phi) is 4.05. The zero-order valence-corrected chi connectivity index (χ0v) is 16.0. The first-order valence-corrected chi connectivity index (χ1v) is 9.55. The highest BCUT2D eigenvalue weighted by Gasteiger charge is 2.40. The molecule has 0 bridgehead atoms. The third-order valence-electron chi connectivity index (χ3n) is 5.48. The van der Waals surface area contributed by atoms with E-state index in [1.807, 2.05) is 36.4 Å². The summed E-state index contributed by atoms with van der Waals surface area (Å²) in [5.41, 5.74) is 5.78. The Hall–Kier alpha value is -3.27. The summed E-state index contributed by atoms with van der Waals surface area (Å²) in [7, 11) is 1.68. The molecule has 4 heteroatoms. The van der Waals surface area contributed by atoms with Crippen LogP contribution in [-0.4, -0.2) is 17.8 Å². The zero-order valence-electron chi connectivity index (χ0n) is 16.0. The normalized spacial score (nSPS) is 20.1. The molecule has 0 aliphatic carbocycles. The summed E-state index contributed by atoms with van der Waals surface area (Å²) in [5, 5.41) is 7.11. The number of hydrazone groups is 1. The van der Waals surface area contributed by atoms with E-state index in [1.54, 1.807) is 7.11 Å². The van der Waals surface area contributed by atoms with Crippen molar-refractivity contribution in [3.8, 4) is 11.5 Å². The highest BCUT2D eigenvalue weighted by molar-refractivity contribution is 6.02. The number of methoxy groups -OCH3 is 1. The standard InChI is InChI=1S/C24H22N2O2/c1-16-7-9-17(10-8-16)21-15-22-20-5-3-4-6-23(20)28-24(26(22)25-21)18-11-13-19(27-2)14-12-18/h3-14,22,24H,15H2,1-2H3/t22-,24-/m0/s1. The zero-order chi connectivity index (χ0) is 19.1. The van der Waals surface area contributed by atoms with Gasteiger partial charge in [-0.2, -0.15) is 5.10 Å². The molecule has 28 heavy (non-hydrogen) atoms. The number of nitrogens with zero attached hydrogens (tertiary/aromatic N) is 2. The highest BCUT2D eigenvalue weighted by Crippen LogP contribution is 2.47. The van der Waals surface area contributed by atoms with Crippen LogP contribution in [0.25, 0.3) is 0 Å². The van der Waals surface area contributed by atoms with Gasteiger partial charge >= 0.3 is 0 Å². The second-order valence-corrected chi connectivity index (χ2v) is 7.29. The minimum atomic E-state index is -0.256. The van der Waals surface area contributed by atoms with Crippen molar-refractivity contribution in [1.82, 2.24) is 5.01 Å². The second-order valence-electron chi connectivity index (χ2n) is 7.29. The number of rotatable bonds is 3. The van der Waals surface area contributed by atoms with Gasteiger partial charge in [0.2, 0.25) is 6.23 Å². The summed E-state index contributed by atoms with van der Waals surface area (Å²) < 4.78 is 11.7. The molecular formula is C24H22N2O2. The van der Waals surface area contributed by atoms with Crippen molar-refractivity contribution in [2.24, 2.45) is 5.10 Å². The molecule has 0 aromatic heterocycles. The van der Waals surface area contributed by atoms with Gasteiger partial charge in [-0.15, -0.1) is 0 Å². The van der Waals surface area contributed by atoms with Gasteiger partial charge < -0.3 is 9.47 Å². The van der Waals surface area contributed by atoms with Crippen molar-refractivity contribution >= 4 is 5.71 Å². The first kappa shape index (κ1) is 16.9. The van der Waals surface area contributed by atoms with E-state index in [2.05, 4.69) is 48.3 Å². The molecule has 2 heterocycles. The number of hydrogen-bond acceptors (Lipinski definition) is 4. The fourth-order valence-corrected chi connectivity index (χ4v) is 3.94.